The summed E-state index contributed by atoms with van der Waals surface area (Å²) in [6.45, 7) is 4.79. The molecule has 0 fully saturated rings. The largest absolute Gasteiger partial charge is 0.354 e. The minimum Gasteiger partial charge on any atom is -0.354 e. The predicted molar refractivity (Wildman–Crippen MR) is 87.0 cm³/mol. The van der Waals surface area contributed by atoms with Gasteiger partial charge in [0.05, 0.1) is 0 Å². The van der Waals surface area contributed by atoms with E-state index in [1.807, 2.05) is 6.92 Å². The molecule has 0 atom stereocenters. The number of fused-ring (bicyclic) bond motifs is 3. The van der Waals surface area contributed by atoms with Crippen LogP contribution in [0.3, 0.4) is 0 Å². The molecule has 1 aliphatic rings. The molecule has 106 valence electrons. The van der Waals surface area contributed by atoms with Gasteiger partial charge in [0.25, 0.3) is 0 Å². The Morgan fingerprint density at radius 2 is 1.52 bits per heavy atom. The first-order valence-electron chi connectivity index (χ1n) is 7.60. The Morgan fingerprint density at radius 1 is 0.952 bits per heavy atom. The first-order valence-corrected chi connectivity index (χ1v) is 7.60. The summed E-state index contributed by atoms with van der Waals surface area (Å²) in [4.78, 5) is 0. The van der Waals surface area contributed by atoms with Gasteiger partial charge < -0.3 is 4.74 Å². The smallest absolute Gasteiger partial charge is 0.180 e. The summed E-state index contributed by atoms with van der Waals surface area (Å²) in [5.74, 6) is 6.44. The average molecular weight is 276 g/mol. The van der Waals surface area contributed by atoms with Crippen molar-refractivity contribution in [3.63, 3.8) is 0 Å². The van der Waals surface area contributed by atoms with E-state index in [1.54, 1.807) is 0 Å². The van der Waals surface area contributed by atoms with Gasteiger partial charge in [-0.2, -0.15) is 0 Å². The van der Waals surface area contributed by atoms with E-state index in [0.717, 1.165) is 19.4 Å². The van der Waals surface area contributed by atoms with Gasteiger partial charge in [0, 0.05) is 17.7 Å². The van der Waals surface area contributed by atoms with Crippen LogP contribution in [0.4, 0.5) is 0 Å². The van der Waals surface area contributed by atoms with E-state index >= 15 is 0 Å². The number of benzene rings is 2. The number of hydrogen-bond donors (Lipinski definition) is 0. The van der Waals surface area contributed by atoms with E-state index in [2.05, 4.69) is 67.3 Å². The van der Waals surface area contributed by atoms with Crippen LogP contribution in [-0.4, -0.2) is 6.61 Å². The lowest BCUT2D eigenvalue weighted by atomic mass is 9.91. The van der Waals surface area contributed by atoms with Crippen LogP contribution in [-0.2, 0) is 10.3 Å². The molecule has 1 nitrogen and oxygen atoms in total. The van der Waals surface area contributed by atoms with Gasteiger partial charge in [-0.05, 0) is 24.5 Å². The summed E-state index contributed by atoms with van der Waals surface area (Å²) in [5.41, 5.74) is 4.24. The number of unbranched alkanes of at least 4 members (excludes halogenated alkanes) is 1. The standard InChI is InChI=1S/C20H20O/c1-3-5-15-21-20(14-4-2)18-12-8-6-10-16(18)17-11-7-9-13-19(17)20/h6-13H,3,5,15H2,1-2H3. The van der Waals surface area contributed by atoms with Gasteiger partial charge >= 0.3 is 0 Å². The summed E-state index contributed by atoms with van der Waals surface area (Å²) < 4.78 is 6.35. The third kappa shape index (κ3) is 2.17. The average Bonchev–Trinajstić information content (AvgIpc) is 2.80. The van der Waals surface area contributed by atoms with E-state index in [9.17, 15) is 0 Å². The Hall–Kier alpha value is -2.04. The third-order valence-corrected chi connectivity index (χ3v) is 4.02. The monoisotopic (exact) mass is 276 g/mol. The van der Waals surface area contributed by atoms with Crippen molar-refractivity contribution in [1.82, 2.24) is 0 Å². The highest BCUT2D eigenvalue weighted by atomic mass is 16.5. The molecule has 0 amide bonds. The lowest BCUT2D eigenvalue weighted by molar-refractivity contribution is 0.0278. The van der Waals surface area contributed by atoms with Crippen molar-refractivity contribution in [2.45, 2.75) is 32.3 Å². The third-order valence-electron chi connectivity index (χ3n) is 4.02. The van der Waals surface area contributed by atoms with Gasteiger partial charge in [0.1, 0.15) is 0 Å². The second kappa shape index (κ2) is 5.76. The van der Waals surface area contributed by atoms with Gasteiger partial charge in [-0.25, -0.2) is 0 Å². The summed E-state index contributed by atoms with van der Waals surface area (Å²) in [6, 6.07) is 16.9. The molecule has 0 aliphatic heterocycles. The molecule has 2 aromatic carbocycles. The van der Waals surface area contributed by atoms with Crippen molar-refractivity contribution in [1.29, 1.82) is 0 Å². The molecule has 0 heterocycles. The fraction of sp³-hybridized carbons (Fsp3) is 0.300. The lowest BCUT2D eigenvalue weighted by Gasteiger charge is -2.26. The van der Waals surface area contributed by atoms with Crippen LogP contribution in [0.15, 0.2) is 48.5 Å². The molecular weight excluding hydrogens is 256 g/mol. The van der Waals surface area contributed by atoms with Crippen molar-refractivity contribution < 1.29 is 4.74 Å². The zero-order valence-electron chi connectivity index (χ0n) is 12.6. The Morgan fingerprint density at radius 3 is 2.05 bits per heavy atom. The highest BCUT2D eigenvalue weighted by molar-refractivity contribution is 5.82. The van der Waals surface area contributed by atoms with Gasteiger partial charge in [0.15, 0.2) is 5.60 Å². The second-order valence-electron chi connectivity index (χ2n) is 5.35. The molecule has 0 saturated carbocycles. The molecule has 0 radical (unpaired) electrons. The van der Waals surface area contributed by atoms with E-state index in [1.165, 1.54) is 22.3 Å². The SMILES string of the molecule is CC#CC1(OCCCC)c2ccccc2-c2ccccc21. The Labute approximate surface area is 127 Å². The highest BCUT2D eigenvalue weighted by Crippen LogP contribution is 2.49. The van der Waals surface area contributed by atoms with Crippen LogP contribution >= 0.6 is 0 Å². The molecule has 0 saturated heterocycles. The Kier molecular flexibility index (Phi) is 3.82. The minimum absolute atomic E-state index is 0.600. The zero-order valence-corrected chi connectivity index (χ0v) is 12.6. The molecule has 3 rings (SSSR count). The van der Waals surface area contributed by atoms with Crippen LogP contribution < -0.4 is 0 Å². The summed E-state index contributed by atoms with van der Waals surface area (Å²) >= 11 is 0. The van der Waals surface area contributed by atoms with Crippen LogP contribution in [0.2, 0.25) is 0 Å². The number of rotatable bonds is 4. The molecule has 0 unspecified atom stereocenters. The molecule has 2 aromatic rings. The maximum atomic E-state index is 6.35. The normalized spacial score (nSPS) is 14.0. The van der Waals surface area contributed by atoms with Crippen molar-refractivity contribution in [2.75, 3.05) is 6.61 Å². The van der Waals surface area contributed by atoms with E-state index in [0.29, 0.717) is 0 Å². The topological polar surface area (TPSA) is 9.23 Å². The number of ether oxygens (including phenoxy) is 1. The quantitative estimate of drug-likeness (QED) is 0.578. The Balaban J connectivity index is 2.19. The predicted octanol–water partition coefficient (Wildman–Crippen LogP) is 4.75. The molecular formula is C20H20O. The van der Waals surface area contributed by atoms with Crippen molar-refractivity contribution in [3.05, 3.63) is 59.7 Å². The lowest BCUT2D eigenvalue weighted by Crippen LogP contribution is -2.27. The molecule has 0 bridgehead atoms. The zero-order chi connectivity index (χ0) is 14.7. The fourth-order valence-electron chi connectivity index (χ4n) is 3.07. The first kappa shape index (κ1) is 13.9. The second-order valence-corrected chi connectivity index (χ2v) is 5.35. The van der Waals surface area contributed by atoms with Gasteiger partial charge in [0.2, 0.25) is 0 Å². The van der Waals surface area contributed by atoms with Crippen molar-refractivity contribution in [2.24, 2.45) is 0 Å². The molecule has 1 heteroatoms. The van der Waals surface area contributed by atoms with Crippen LogP contribution in [0.25, 0.3) is 11.1 Å². The summed E-state index contributed by atoms with van der Waals surface area (Å²) in [6.07, 6.45) is 2.18. The molecule has 0 aromatic heterocycles. The molecule has 0 N–H and O–H groups in total. The fourth-order valence-corrected chi connectivity index (χ4v) is 3.07. The van der Waals surface area contributed by atoms with E-state index in [-0.39, 0.29) is 0 Å². The van der Waals surface area contributed by atoms with Crippen LogP contribution in [0, 0.1) is 11.8 Å². The first-order chi connectivity index (χ1) is 10.3. The van der Waals surface area contributed by atoms with Gasteiger partial charge in [-0.15, -0.1) is 5.92 Å². The molecule has 1 aliphatic carbocycles. The maximum absolute atomic E-state index is 6.35. The van der Waals surface area contributed by atoms with Gasteiger partial charge in [-0.1, -0.05) is 67.8 Å². The Bertz CT molecular complexity index is 658. The van der Waals surface area contributed by atoms with Crippen molar-refractivity contribution in [3.8, 4) is 23.0 Å². The van der Waals surface area contributed by atoms with Crippen LogP contribution in [0.1, 0.15) is 37.8 Å². The minimum atomic E-state index is -0.600. The molecule has 0 spiro atoms. The highest BCUT2D eigenvalue weighted by Gasteiger charge is 2.42. The summed E-state index contributed by atoms with van der Waals surface area (Å²) in [7, 11) is 0. The summed E-state index contributed by atoms with van der Waals surface area (Å²) in [5, 5.41) is 0. The van der Waals surface area contributed by atoms with Crippen LogP contribution in [0.5, 0.6) is 0 Å². The van der Waals surface area contributed by atoms with Crippen molar-refractivity contribution >= 4 is 0 Å². The van der Waals surface area contributed by atoms with E-state index in [4.69, 9.17) is 4.74 Å². The van der Waals surface area contributed by atoms with E-state index < -0.39 is 5.60 Å². The van der Waals surface area contributed by atoms with Gasteiger partial charge in [-0.3, -0.25) is 0 Å². The number of hydrogen-bond acceptors (Lipinski definition) is 1. The maximum Gasteiger partial charge on any atom is 0.180 e. The molecule has 21 heavy (non-hydrogen) atoms.